The molecule has 0 aliphatic carbocycles. The van der Waals surface area contributed by atoms with Gasteiger partial charge in [-0.3, -0.25) is 4.79 Å². The molecule has 0 amide bonds. The van der Waals surface area contributed by atoms with E-state index in [1.54, 1.807) is 4.68 Å². The van der Waals surface area contributed by atoms with Gasteiger partial charge in [0.15, 0.2) is 6.29 Å². The third-order valence-corrected chi connectivity index (χ3v) is 2.98. The normalized spacial score (nSPS) is 10.8. The number of hydrogen-bond donors (Lipinski definition) is 0. The third-order valence-electron chi connectivity index (χ3n) is 2.45. The Balaban J connectivity index is 2.52. The van der Waals surface area contributed by atoms with Crippen molar-refractivity contribution < 1.29 is 4.79 Å². The van der Waals surface area contributed by atoms with E-state index >= 15 is 0 Å². The molecule has 0 radical (unpaired) electrons. The van der Waals surface area contributed by atoms with E-state index in [1.807, 2.05) is 38.1 Å². The Bertz CT molecular complexity index is 531. The topological polar surface area (TPSA) is 47.8 Å². The average molecular weight is 294 g/mol. The van der Waals surface area contributed by atoms with Crippen molar-refractivity contribution in [3.05, 3.63) is 34.4 Å². The molecule has 0 N–H and O–H groups in total. The van der Waals surface area contributed by atoms with Crippen LogP contribution in [0.1, 0.15) is 30.4 Å². The van der Waals surface area contributed by atoms with Crippen molar-refractivity contribution in [3.8, 4) is 11.3 Å². The molecular weight excluding hydrogens is 282 g/mol. The minimum Gasteiger partial charge on any atom is -0.296 e. The number of carbonyl (C=O) groups is 1. The fourth-order valence-corrected chi connectivity index (χ4v) is 1.87. The van der Waals surface area contributed by atoms with Gasteiger partial charge in [0.05, 0.1) is 0 Å². The first-order valence-electron chi connectivity index (χ1n) is 5.29. The fraction of sp³-hybridized carbons (Fsp3) is 0.250. The highest BCUT2D eigenvalue weighted by Gasteiger charge is 2.15. The Kier molecular flexibility index (Phi) is 3.38. The monoisotopic (exact) mass is 293 g/mol. The molecule has 2 rings (SSSR count). The maximum atomic E-state index is 11.1. The summed E-state index contributed by atoms with van der Waals surface area (Å²) in [5, 5.41) is 8.08. The molecule has 0 unspecified atom stereocenters. The molecule has 0 fully saturated rings. The summed E-state index contributed by atoms with van der Waals surface area (Å²) in [6.07, 6.45) is 0.803. The number of aldehydes is 1. The fourth-order valence-electron chi connectivity index (χ4n) is 1.61. The predicted octanol–water partition coefficient (Wildman–Crippen LogP) is 3.10. The number of hydrogen-bond acceptors (Lipinski definition) is 3. The summed E-state index contributed by atoms with van der Waals surface area (Å²) in [6, 6.07) is 7.76. The van der Waals surface area contributed by atoms with Crippen LogP contribution >= 0.6 is 15.9 Å². The van der Waals surface area contributed by atoms with Crippen molar-refractivity contribution in [3.63, 3.8) is 0 Å². The second kappa shape index (κ2) is 4.79. The van der Waals surface area contributed by atoms with Crippen LogP contribution in [0.4, 0.5) is 0 Å². The minimum atomic E-state index is 0.117. The lowest BCUT2D eigenvalue weighted by molar-refractivity contribution is 0.111. The van der Waals surface area contributed by atoms with E-state index in [1.165, 1.54) is 0 Å². The molecule has 5 heteroatoms. The molecule has 1 aromatic carbocycles. The van der Waals surface area contributed by atoms with Crippen molar-refractivity contribution in [2.75, 3.05) is 0 Å². The second-order valence-corrected chi connectivity index (χ2v) is 4.90. The van der Waals surface area contributed by atoms with E-state index < -0.39 is 0 Å². The largest absolute Gasteiger partial charge is 0.296 e. The summed E-state index contributed by atoms with van der Waals surface area (Å²) < 4.78 is 2.62. The van der Waals surface area contributed by atoms with Crippen molar-refractivity contribution in [2.24, 2.45) is 0 Å². The van der Waals surface area contributed by atoms with Crippen LogP contribution in [0.5, 0.6) is 0 Å². The van der Waals surface area contributed by atoms with Gasteiger partial charge in [-0.05, 0) is 26.0 Å². The van der Waals surface area contributed by atoms with Crippen molar-refractivity contribution in [1.29, 1.82) is 0 Å². The molecule has 4 nitrogen and oxygen atoms in total. The average Bonchev–Trinajstić information content (AvgIpc) is 2.73. The molecular formula is C12H12BrN3O. The zero-order valence-corrected chi connectivity index (χ0v) is 11.2. The van der Waals surface area contributed by atoms with Crippen LogP contribution in [0, 0.1) is 0 Å². The van der Waals surface area contributed by atoms with E-state index in [-0.39, 0.29) is 6.04 Å². The number of carbonyl (C=O) groups excluding carboxylic acids is 1. The highest BCUT2D eigenvalue weighted by Crippen LogP contribution is 2.23. The van der Waals surface area contributed by atoms with Gasteiger partial charge in [0.25, 0.3) is 0 Å². The number of aromatic nitrogens is 3. The van der Waals surface area contributed by atoms with Gasteiger partial charge in [0, 0.05) is 16.1 Å². The van der Waals surface area contributed by atoms with Gasteiger partial charge in [-0.15, -0.1) is 5.10 Å². The zero-order valence-electron chi connectivity index (χ0n) is 9.59. The molecule has 0 aliphatic rings. The van der Waals surface area contributed by atoms with Gasteiger partial charge in [-0.2, -0.15) is 0 Å². The highest BCUT2D eigenvalue weighted by atomic mass is 79.9. The number of rotatable bonds is 3. The first-order chi connectivity index (χ1) is 8.13. The van der Waals surface area contributed by atoms with Gasteiger partial charge in [-0.25, -0.2) is 4.68 Å². The lowest BCUT2D eigenvalue weighted by atomic mass is 10.1. The standard InChI is InChI=1S/C12H12BrN3O/c1-8(2)16-11(7-17)12(14-15-16)9-3-5-10(13)6-4-9/h3-8H,1-2H3. The SMILES string of the molecule is CC(C)n1nnc(-c2ccc(Br)cc2)c1C=O. The van der Waals surface area contributed by atoms with Crippen LogP contribution in [-0.2, 0) is 0 Å². The highest BCUT2D eigenvalue weighted by molar-refractivity contribution is 9.10. The van der Waals surface area contributed by atoms with Gasteiger partial charge in [0.2, 0.25) is 0 Å². The predicted molar refractivity (Wildman–Crippen MR) is 68.9 cm³/mol. The Hall–Kier alpha value is -1.49. The van der Waals surface area contributed by atoms with Gasteiger partial charge >= 0.3 is 0 Å². The first kappa shape index (κ1) is 12.0. The zero-order chi connectivity index (χ0) is 12.4. The Labute approximate surface area is 108 Å². The van der Waals surface area contributed by atoms with Crippen LogP contribution in [0.2, 0.25) is 0 Å². The van der Waals surface area contributed by atoms with Crippen LogP contribution < -0.4 is 0 Å². The molecule has 1 heterocycles. The van der Waals surface area contributed by atoms with Crippen molar-refractivity contribution >= 4 is 22.2 Å². The van der Waals surface area contributed by atoms with Gasteiger partial charge < -0.3 is 0 Å². The third kappa shape index (κ3) is 2.29. The van der Waals surface area contributed by atoms with Crippen LogP contribution in [0.25, 0.3) is 11.3 Å². The Morgan fingerprint density at radius 1 is 1.29 bits per heavy atom. The number of nitrogens with zero attached hydrogens (tertiary/aromatic N) is 3. The maximum absolute atomic E-state index is 11.1. The molecule has 17 heavy (non-hydrogen) atoms. The summed E-state index contributed by atoms with van der Waals surface area (Å²) in [5.41, 5.74) is 2.03. The minimum absolute atomic E-state index is 0.117. The van der Waals surface area contributed by atoms with E-state index in [0.717, 1.165) is 16.3 Å². The van der Waals surface area contributed by atoms with Crippen molar-refractivity contribution in [1.82, 2.24) is 15.0 Å². The number of benzene rings is 1. The van der Waals surface area contributed by atoms with Crippen molar-refractivity contribution in [2.45, 2.75) is 19.9 Å². The van der Waals surface area contributed by atoms with Crippen LogP contribution in [-0.4, -0.2) is 21.3 Å². The molecule has 88 valence electrons. The molecule has 0 bridgehead atoms. The number of halogens is 1. The Morgan fingerprint density at radius 3 is 2.47 bits per heavy atom. The van der Waals surface area contributed by atoms with Gasteiger partial charge in [0.1, 0.15) is 11.4 Å². The van der Waals surface area contributed by atoms with E-state index in [9.17, 15) is 4.79 Å². The maximum Gasteiger partial charge on any atom is 0.170 e. The molecule has 2 aromatic rings. The van der Waals surface area contributed by atoms with E-state index in [0.29, 0.717) is 11.4 Å². The summed E-state index contributed by atoms with van der Waals surface area (Å²) in [7, 11) is 0. The lowest BCUT2D eigenvalue weighted by Crippen LogP contribution is -2.07. The summed E-state index contributed by atoms with van der Waals surface area (Å²) in [4.78, 5) is 11.1. The first-order valence-corrected chi connectivity index (χ1v) is 6.09. The van der Waals surface area contributed by atoms with Crippen LogP contribution in [0.3, 0.4) is 0 Å². The lowest BCUT2D eigenvalue weighted by Gasteiger charge is -2.05. The quantitative estimate of drug-likeness (QED) is 0.817. The second-order valence-electron chi connectivity index (χ2n) is 3.99. The molecule has 0 spiro atoms. The summed E-state index contributed by atoms with van der Waals surface area (Å²) in [6.45, 7) is 3.93. The molecule has 0 atom stereocenters. The van der Waals surface area contributed by atoms with E-state index in [4.69, 9.17) is 0 Å². The Morgan fingerprint density at radius 2 is 1.94 bits per heavy atom. The molecule has 0 saturated heterocycles. The molecule has 1 aromatic heterocycles. The molecule has 0 saturated carbocycles. The summed E-state index contributed by atoms with van der Waals surface area (Å²) >= 11 is 3.37. The van der Waals surface area contributed by atoms with Gasteiger partial charge in [-0.1, -0.05) is 33.3 Å². The van der Waals surface area contributed by atoms with Crippen LogP contribution in [0.15, 0.2) is 28.7 Å². The molecule has 0 aliphatic heterocycles. The smallest absolute Gasteiger partial charge is 0.170 e. The van der Waals surface area contributed by atoms with E-state index in [2.05, 4.69) is 26.2 Å². The summed E-state index contributed by atoms with van der Waals surface area (Å²) in [5.74, 6) is 0.